The van der Waals surface area contributed by atoms with Gasteiger partial charge in [-0.05, 0) is 31.9 Å². The van der Waals surface area contributed by atoms with E-state index in [9.17, 15) is 4.79 Å². The lowest BCUT2D eigenvalue weighted by Crippen LogP contribution is -2.07. The highest BCUT2D eigenvalue weighted by atomic mass is 16.5. The Morgan fingerprint density at radius 2 is 2.19 bits per heavy atom. The fraction of sp³-hybridized carbons (Fsp3) is 0.231. The first-order chi connectivity index (χ1) is 7.77. The molecule has 3 heteroatoms. The minimum Gasteiger partial charge on any atom is -0.461 e. The van der Waals surface area contributed by atoms with Crippen LogP contribution in [-0.2, 0) is 11.2 Å². The third-order valence-corrected chi connectivity index (χ3v) is 2.54. The zero-order chi connectivity index (χ0) is 11.5. The van der Waals surface area contributed by atoms with E-state index in [1.807, 2.05) is 24.3 Å². The minimum absolute atomic E-state index is 0.308. The van der Waals surface area contributed by atoms with Crippen molar-refractivity contribution in [2.24, 2.45) is 0 Å². The van der Waals surface area contributed by atoms with Crippen LogP contribution in [0.4, 0.5) is 0 Å². The van der Waals surface area contributed by atoms with E-state index in [0.29, 0.717) is 18.7 Å². The molecule has 2 aromatic rings. The molecule has 0 fully saturated rings. The number of fused-ring (bicyclic) bond motifs is 1. The summed E-state index contributed by atoms with van der Waals surface area (Å²) in [5.74, 6) is -0.308. The predicted octanol–water partition coefficient (Wildman–Crippen LogP) is 2.72. The molecule has 1 radical (unpaired) electrons. The number of nitrogens with one attached hydrogen (secondary N) is 1. The maximum Gasteiger partial charge on any atom is 0.355 e. The largest absolute Gasteiger partial charge is 0.461 e. The van der Waals surface area contributed by atoms with E-state index in [1.54, 1.807) is 6.92 Å². The number of benzene rings is 1. The van der Waals surface area contributed by atoms with Crippen LogP contribution in [0.15, 0.2) is 24.3 Å². The van der Waals surface area contributed by atoms with Crippen LogP contribution in [0.2, 0.25) is 0 Å². The van der Waals surface area contributed by atoms with Crippen LogP contribution in [0.25, 0.3) is 10.9 Å². The topological polar surface area (TPSA) is 42.1 Å². The molecule has 1 aromatic heterocycles. The molecule has 83 valence electrons. The smallest absolute Gasteiger partial charge is 0.355 e. The molecule has 1 aromatic carbocycles. The lowest BCUT2D eigenvalue weighted by molar-refractivity contribution is 0.0519. The van der Waals surface area contributed by atoms with E-state index in [2.05, 4.69) is 11.9 Å². The van der Waals surface area contributed by atoms with Gasteiger partial charge in [0, 0.05) is 10.9 Å². The standard InChI is InChI=1S/C13H14NO2/c1-3-9-10-7-5-6-8-11(10)14-12(9)13(15)16-4-2/h5-8,14H,1,3-4H2,2H3. The van der Waals surface area contributed by atoms with Crippen LogP contribution in [0, 0.1) is 6.92 Å². The second-order valence-corrected chi connectivity index (χ2v) is 3.49. The minimum atomic E-state index is -0.308. The zero-order valence-electron chi connectivity index (χ0n) is 9.25. The third kappa shape index (κ3) is 1.69. The molecule has 0 atom stereocenters. The Morgan fingerprint density at radius 1 is 1.44 bits per heavy atom. The van der Waals surface area contributed by atoms with E-state index in [-0.39, 0.29) is 5.97 Å². The van der Waals surface area contributed by atoms with Crippen molar-refractivity contribution >= 4 is 16.9 Å². The molecule has 0 saturated carbocycles. The number of hydrogen-bond donors (Lipinski definition) is 1. The van der Waals surface area contributed by atoms with Gasteiger partial charge in [0.25, 0.3) is 0 Å². The monoisotopic (exact) mass is 216 g/mol. The predicted molar refractivity (Wildman–Crippen MR) is 63.3 cm³/mol. The van der Waals surface area contributed by atoms with Crippen LogP contribution in [0.1, 0.15) is 23.0 Å². The summed E-state index contributed by atoms with van der Waals surface area (Å²) in [6.07, 6.45) is 0.568. The highest BCUT2D eigenvalue weighted by molar-refractivity contribution is 5.98. The molecular weight excluding hydrogens is 202 g/mol. The van der Waals surface area contributed by atoms with Gasteiger partial charge in [-0.1, -0.05) is 18.2 Å². The molecular formula is C13H14NO2. The fourth-order valence-electron chi connectivity index (χ4n) is 1.84. The number of carbonyl (C=O) groups excluding carboxylic acids is 1. The highest BCUT2D eigenvalue weighted by Crippen LogP contribution is 2.23. The first-order valence-corrected chi connectivity index (χ1v) is 5.33. The Morgan fingerprint density at radius 3 is 2.88 bits per heavy atom. The van der Waals surface area contributed by atoms with E-state index >= 15 is 0 Å². The number of para-hydroxylation sites is 1. The van der Waals surface area contributed by atoms with E-state index < -0.39 is 0 Å². The summed E-state index contributed by atoms with van der Waals surface area (Å²) in [7, 11) is 0. The van der Waals surface area contributed by atoms with Crippen LogP contribution in [0.5, 0.6) is 0 Å². The fourth-order valence-corrected chi connectivity index (χ4v) is 1.84. The van der Waals surface area contributed by atoms with Crippen LogP contribution in [0.3, 0.4) is 0 Å². The number of hydrogen-bond acceptors (Lipinski definition) is 2. The van der Waals surface area contributed by atoms with Gasteiger partial charge in [-0.3, -0.25) is 0 Å². The molecule has 0 amide bonds. The second-order valence-electron chi connectivity index (χ2n) is 3.49. The van der Waals surface area contributed by atoms with Gasteiger partial charge in [-0.2, -0.15) is 0 Å². The maximum absolute atomic E-state index is 11.7. The Hall–Kier alpha value is -1.77. The number of rotatable bonds is 3. The van der Waals surface area contributed by atoms with Gasteiger partial charge in [0.2, 0.25) is 0 Å². The van der Waals surface area contributed by atoms with Crippen molar-refractivity contribution < 1.29 is 9.53 Å². The molecule has 0 saturated heterocycles. The van der Waals surface area contributed by atoms with Crippen molar-refractivity contribution in [3.05, 3.63) is 42.4 Å². The summed E-state index contributed by atoms with van der Waals surface area (Å²) in [5.41, 5.74) is 2.40. The Bertz CT molecular complexity index is 514. The number of esters is 1. The first kappa shape index (κ1) is 10.7. The quantitative estimate of drug-likeness (QED) is 0.801. The van der Waals surface area contributed by atoms with Crippen molar-refractivity contribution in [1.82, 2.24) is 4.98 Å². The van der Waals surface area contributed by atoms with Crippen molar-refractivity contribution in [3.8, 4) is 0 Å². The molecule has 0 aliphatic carbocycles. The molecule has 1 N–H and O–H groups in total. The van der Waals surface area contributed by atoms with Crippen LogP contribution in [-0.4, -0.2) is 17.6 Å². The number of aromatic nitrogens is 1. The van der Waals surface area contributed by atoms with Crippen LogP contribution < -0.4 is 0 Å². The molecule has 0 unspecified atom stereocenters. The van der Waals surface area contributed by atoms with Crippen molar-refractivity contribution in [1.29, 1.82) is 0 Å². The molecule has 2 rings (SSSR count). The summed E-state index contributed by atoms with van der Waals surface area (Å²) in [6, 6.07) is 7.80. The van der Waals surface area contributed by atoms with Gasteiger partial charge < -0.3 is 9.72 Å². The Labute approximate surface area is 94.4 Å². The SMILES string of the molecule is [CH2]Cc1c(C(=O)OCC)[nH]c2ccccc12. The molecule has 0 aliphatic rings. The van der Waals surface area contributed by atoms with E-state index in [1.165, 1.54) is 0 Å². The van der Waals surface area contributed by atoms with Crippen molar-refractivity contribution in [2.45, 2.75) is 13.3 Å². The summed E-state index contributed by atoms with van der Waals surface area (Å²) in [5, 5.41) is 1.04. The summed E-state index contributed by atoms with van der Waals surface area (Å²) >= 11 is 0. The van der Waals surface area contributed by atoms with E-state index in [4.69, 9.17) is 4.74 Å². The molecule has 0 bridgehead atoms. The van der Waals surface area contributed by atoms with Crippen molar-refractivity contribution in [3.63, 3.8) is 0 Å². The van der Waals surface area contributed by atoms with Gasteiger partial charge in [0.05, 0.1) is 6.61 Å². The average molecular weight is 216 g/mol. The molecule has 0 spiro atoms. The molecule has 1 heterocycles. The summed E-state index contributed by atoms with van der Waals surface area (Å²) in [4.78, 5) is 14.8. The summed E-state index contributed by atoms with van der Waals surface area (Å²) < 4.78 is 5.00. The molecule has 16 heavy (non-hydrogen) atoms. The van der Waals surface area contributed by atoms with Crippen LogP contribution >= 0.6 is 0 Å². The van der Waals surface area contributed by atoms with E-state index in [0.717, 1.165) is 16.5 Å². The molecule has 3 nitrogen and oxygen atoms in total. The van der Waals surface area contributed by atoms with Gasteiger partial charge >= 0.3 is 5.97 Å². The number of H-pyrrole nitrogens is 1. The van der Waals surface area contributed by atoms with Crippen molar-refractivity contribution in [2.75, 3.05) is 6.61 Å². The second kappa shape index (κ2) is 4.39. The number of carbonyl (C=O) groups is 1. The number of aromatic amines is 1. The zero-order valence-corrected chi connectivity index (χ0v) is 9.25. The van der Waals surface area contributed by atoms with Gasteiger partial charge in [-0.15, -0.1) is 0 Å². The Balaban J connectivity index is 2.56. The lowest BCUT2D eigenvalue weighted by Gasteiger charge is -2.01. The Kier molecular flexibility index (Phi) is 2.95. The lowest BCUT2D eigenvalue weighted by atomic mass is 10.1. The average Bonchev–Trinajstić information content (AvgIpc) is 2.67. The normalized spacial score (nSPS) is 10.6. The first-order valence-electron chi connectivity index (χ1n) is 5.33. The summed E-state index contributed by atoms with van der Waals surface area (Å²) in [6.45, 7) is 6.03. The van der Waals surface area contributed by atoms with Gasteiger partial charge in [0.1, 0.15) is 5.69 Å². The molecule has 0 aliphatic heterocycles. The van der Waals surface area contributed by atoms with Gasteiger partial charge in [-0.25, -0.2) is 4.79 Å². The number of ether oxygens (including phenoxy) is 1. The third-order valence-electron chi connectivity index (χ3n) is 2.54. The maximum atomic E-state index is 11.7. The van der Waals surface area contributed by atoms with Gasteiger partial charge in [0.15, 0.2) is 0 Å². The highest BCUT2D eigenvalue weighted by Gasteiger charge is 2.16.